The Hall–Kier alpha value is -3.91. The number of thiophene rings is 1. The molecule has 0 aliphatic carbocycles. The fourth-order valence-corrected chi connectivity index (χ4v) is 4.81. The third kappa shape index (κ3) is 3.78. The van der Waals surface area contributed by atoms with Crippen LogP contribution in [0.1, 0.15) is 29.2 Å². The molecule has 2 aromatic carbocycles. The van der Waals surface area contributed by atoms with Gasteiger partial charge >= 0.3 is 6.03 Å². The van der Waals surface area contributed by atoms with Gasteiger partial charge in [0.15, 0.2) is 5.54 Å². The summed E-state index contributed by atoms with van der Waals surface area (Å²) in [5.74, 6) is -0.644. The van der Waals surface area contributed by atoms with E-state index in [9.17, 15) is 14.4 Å². The molecule has 1 saturated heterocycles. The van der Waals surface area contributed by atoms with Crippen LogP contribution in [0.25, 0.3) is 11.0 Å². The molecule has 3 heterocycles. The van der Waals surface area contributed by atoms with Crippen LogP contribution in [0.15, 0.2) is 82.6 Å². The van der Waals surface area contributed by atoms with E-state index >= 15 is 0 Å². The lowest BCUT2D eigenvalue weighted by Crippen LogP contribution is -2.43. The van der Waals surface area contributed by atoms with Gasteiger partial charge in [-0.2, -0.15) is 0 Å². The number of hydrogen-bond donors (Lipinski definition) is 2. The van der Waals surface area contributed by atoms with Gasteiger partial charge < -0.3 is 15.1 Å². The van der Waals surface area contributed by atoms with E-state index < -0.39 is 29.9 Å². The van der Waals surface area contributed by atoms with Gasteiger partial charge in [-0.3, -0.25) is 14.5 Å². The quantitative estimate of drug-likeness (QED) is 0.424. The van der Waals surface area contributed by atoms with Crippen molar-refractivity contribution in [3.63, 3.8) is 0 Å². The highest BCUT2D eigenvalue weighted by atomic mass is 32.1. The summed E-state index contributed by atoms with van der Waals surface area (Å²) in [4.78, 5) is 40.8. The molecule has 4 aromatic rings. The lowest BCUT2D eigenvalue weighted by atomic mass is 9.99. The Balaban J connectivity index is 1.36. The molecule has 0 radical (unpaired) electrons. The SMILES string of the molecule is C[C@]1(c2cc3ccccc3o2)NC(=O)N(CC(=O)N[C@@H](c2ccccc2)c2cccs2)C1=O. The van der Waals surface area contributed by atoms with E-state index in [1.165, 1.54) is 11.3 Å². The van der Waals surface area contributed by atoms with Gasteiger partial charge in [0, 0.05) is 10.3 Å². The van der Waals surface area contributed by atoms with Crippen LogP contribution >= 0.6 is 11.3 Å². The van der Waals surface area contributed by atoms with Crippen LogP contribution in [-0.2, 0) is 15.1 Å². The maximum absolute atomic E-state index is 13.2. The highest BCUT2D eigenvalue weighted by Gasteiger charge is 2.51. The molecule has 2 aromatic heterocycles. The van der Waals surface area contributed by atoms with Gasteiger partial charge in [-0.05, 0) is 36.1 Å². The molecule has 0 bridgehead atoms. The molecular formula is C25H21N3O4S. The number of imide groups is 1. The first-order valence-corrected chi connectivity index (χ1v) is 11.3. The van der Waals surface area contributed by atoms with Crippen LogP contribution in [0.2, 0.25) is 0 Å². The Labute approximate surface area is 194 Å². The second-order valence-corrected chi connectivity index (χ2v) is 9.00. The van der Waals surface area contributed by atoms with Gasteiger partial charge in [0.1, 0.15) is 17.9 Å². The summed E-state index contributed by atoms with van der Waals surface area (Å²) >= 11 is 1.52. The summed E-state index contributed by atoms with van der Waals surface area (Å²) in [5.41, 5.74) is 0.148. The first-order chi connectivity index (χ1) is 16.0. The lowest BCUT2D eigenvalue weighted by Gasteiger charge is -2.21. The van der Waals surface area contributed by atoms with Crippen LogP contribution in [0, 0.1) is 0 Å². The Morgan fingerprint density at radius 2 is 1.85 bits per heavy atom. The van der Waals surface area contributed by atoms with Crippen LogP contribution in [0.3, 0.4) is 0 Å². The number of furan rings is 1. The van der Waals surface area contributed by atoms with Crippen LogP contribution < -0.4 is 10.6 Å². The van der Waals surface area contributed by atoms with E-state index in [1.807, 2.05) is 66.0 Å². The van der Waals surface area contributed by atoms with Crippen LogP contribution in [-0.4, -0.2) is 29.3 Å². The summed E-state index contributed by atoms with van der Waals surface area (Å²) in [6.45, 7) is 1.19. The Morgan fingerprint density at radius 3 is 2.58 bits per heavy atom. The zero-order chi connectivity index (χ0) is 23.0. The number of para-hydroxylation sites is 1. The number of carbonyl (C=O) groups is 3. The highest BCUT2D eigenvalue weighted by Crippen LogP contribution is 2.33. The van der Waals surface area contributed by atoms with Crippen molar-refractivity contribution in [3.8, 4) is 0 Å². The predicted molar refractivity (Wildman–Crippen MR) is 125 cm³/mol. The summed E-state index contributed by atoms with van der Waals surface area (Å²) < 4.78 is 5.84. The Bertz CT molecular complexity index is 1300. The minimum absolute atomic E-state index is 0.325. The third-order valence-corrected chi connectivity index (χ3v) is 6.70. The molecule has 7 nitrogen and oxygen atoms in total. The van der Waals surface area contributed by atoms with Crippen molar-refractivity contribution in [3.05, 3.63) is 94.4 Å². The van der Waals surface area contributed by atoms with Gasteiger partial charge in [0.2, 0.25) is 5.91 Å². The number of nitrogens with zero attached hydrogens (tertiary/aromatic N) is 1. The molecule has 0 unspecified atom stereocenters. The van der Waals surface area contributed by atoms with Gasteiger partial charge in [0.25, 0.3) is 5.91 Å². The van der Waals surface area contributed by atoms with Gasteiger partial charge in [-0.15, -0.1) is 11.3 Å². The summed E-state index contributed by atoms with van der Waals surface area (Å²) in [6.07, 6.45) is 0. The van der Waals surface area contributed by atoms with Crippen molar-refractivity contribution in [1.82, 2.24) is 15.5 Å². The number of urea groups is 1. The number of rotatable bonds is 6. The van der Waals surface area contributed by atoms with Gasteiger partial charge in [-0.25, -0.2) is 4.79 Å². The number of carbonyl (C=O) groups excluding carboxylic acids is 3. The smallest absolute Gasteiger partial charge is 0.325 e. The molecule has 0 spiro atoms. The largest absolute Gasteiger partial charge is 0.458 e. The van der Waals surface area contributed by atoms with E-state index in [1.54, 1.807) is 19.1 Å². The normalized spacial score (nSPS) is 19.0. The zero-order valence-electron chi connectivity index (χ0n) is 17.8. The van der Waals surface area contributed by atoms with E-state index in [4.69, 9.17) is 4.42 Å². The van der Waals surface area contributed by atoms with E-state index in [0.717, 1.165) is 20.7 Å². The fraction of sp³-hybridized carbons (Fsp3) is 0.160. The molecule has 8 heteroatoms. The number of amides is 4. The first kappa shape index (κ1) is 21.0. The third-order valence-electron chi connectivity index (χ3n) is 5.76. The average molecular weight is 460 g/mol. The van der Waals surface area contributed by atoms with E-state index in [-0.39, 0.29) is 6.04 Å². The molecule has 1 aliphatic rings. The van der Waals surface area contributed by atoms with Crippen molar-refractivity contribution in [1.29, 1.82) is 0 Å². The molecule has 4 amide bonds. The maximum Gasteiger partial charge on any atom is 0.325 e. The Morgan fingerprint density at radius 1 is 1.09 bits per heavy atom. The maximum atomic E-state index is 13.2. The fourth-order valence-electron chi connectivity index (χ4n) is 4.01. The molecule has 1 aliphatic heterocycles. The summed E-state index contributed by atoms with van der Waals surface area (Å²) in [7, 11) is 0. The molecular weight excluding hydrogens is 438 g/mol. The van der Waals surface area contributed by atoms with E-state index in [0.29, 0.717) is 11.3 Å². The minimum Gasteiger partial charge on any atom is -0.458 e. The molecule has 5 rings (SSSR count). The number of hydrogen-bond acceptors (Lipinski definition) is 5. The number of benzene rings is 2. The van der Waals surface area contributed by atoms with Crippen molar-refractivity contribution >= 4 is 40.2 Å². The predicted octanol–water partition coefficient (Wildman–Crippen LogP) is 4.17. The monoisotopic (exact) mass is 459 g/mol. The zero-order valence-corrected chi connectivity index (χ0v) is 18.6. The van der Waals surface area contributed by atoms with Gasteiger partial charge in [-0.1, -0.05) is 54.6 Å². The van der Waals surface area contributed by atoms with Gasteiger partial charge in [0.05, 0.1) is 6.04 Å². The second-order valence-electron chi connectivity index (χ2n) is 8.02. The lowest BCUT2D eigenvalue weighted by molar-refractivity contribution is -0.135. The average Bonchev–Trinajstić information content (AvgIpc) is 3.55. The molecule has 1 fully saturated rings. The Kier molecular flexibility index (Phi) is 5.22. The van der Waals surface area contributed by atoms with Crippen molar-refractivity contribution in [2.24, 2.45) is 0 Å². The molecule has 0 saturated carbocycles. The number of nitrogens with one attached hydrogen (secondary N) is 2. The van der Waals surface area contributed by atoms with Crippen molar-refractivity contribution < 1.29 is 18.8 Å². The van der Waals surface area contributed by atoms with Crippen LogP contribution in [0.5, 0.6) is 0 Å². The molecule has 2 N–H and O–H groups in total. The number of fused-ring (bicyclic) bond motifs is 1. The molecule has 166 valence electrons. The van der Waals surface area contributed by atoms with Crippen molar-refractivity contribution in [2.45, 2.75) is 18.5 Å². The van der Waals surface area contributed by atoms with Crippen molar-refractivity contribution in [2.75, 3.05) is 6.54 Å². The highest BCUT2D eigenvalue weighted by molar-refractivity contribution is 7.10. The minimum atomic E-state index is -1.39. The molecule has 2 atom stereocenters. The standard InChI is InChI=1S/C25H21N3O4S/c1-25(20-14-17-10-5-6-11-18(17)32-20)23(30)28(24(31)27-25)15-21(29)26-22(19-12-7-13-33-19)16-8-3-2-4-9-16/h2-14,22H,15H2,1H3,(H,26,29)(H,27,31)/t22-,25+/m0/s1. The molecule has 33 heavy (non-hydrogen) atoms. The summed E-state index contributed by atoms with van der Waals surface area (Å²) in [5, 5.41) is 8.42. The first-order valence-electron chi connectivity index (χ1n) is 10.5. The summed E-state index contributed by atoms with van der Waals surface area (Å²) in [6, 6.07) is 21.5. The second kappa shape index (κ2) is 8.22. The topological polar surface area (TPSA) is 91.7 Å². The van der Waals surface area contributed by atoms with Crippen LogP contribution in [0.4, 0.5) is 4.79 Å². The van der Waals surface area contributed by atoms with E-state index in [2.05, 4.69) is 10.6 Å².